The smallest absolute Gasteiger partial charge is 0.225 e. The van der Waals surface area contributed by atoms with Gasteiger partial charge >= 0.3 is 0 Å². The number of aliphatic imine (C=N–C) groups is 1. The maximum absolute atomic E-state index is 12.0. The lowest BCUT2D eigenvalue weighted by Crippen LogP contribution is -2.38. The van der Waals surface area contributed by atoms with E-state index >= 15 is 0 Å². The minimum atomic E-state index is -0.314. The van der Waals surface area contributed by atoms with Gasteiger partial charge in [0.2, 0.25) is 11.0 Å². The van der Waals surface area contributed by atoms with Crippen molar-refractivity contribution in [2.24, 2.45) is 4.99 Å². The van der Waals surface area contributed by atoms with Crippen LogP contribution in [0.4, 0.5) is 5.69 Å². The Labute approximate surface area is 124 Å². The molecule has 0 atom stereocenters. The standard InChI is InChI=1S/C13H12N2O3S2/c1-8(16)15-7-12(18)20-11-6-4-3-5-10(11)14-13(15)19-9(2)17/h3-6H,7H2,1-2H3. The quantitative estimate of drug-likeness (QED) is 0.736. The molecule has 0 aliphatic carbocycles. The van der Waals surface area contributed by atoms with Crippen LogP contribution in [0.1, 0.15) is 13.8 Å². The van der Waals surface area contributed by atoms with Crippen molar-refractivity contribution in [1.82, 2.24) is 4.90 Å². The third-order valence-electron chi connectivity index (χ3n) is 2.44. The fourth-order valence-corrected chi connectivity index (χ4v) is 3.11. The number of thioether (sulfide) groups is 2. The summed E-state index contributed by atoms with van der Waals surface area (Å²) >= 11 is 1.91. The lowest BCUT2D eigenvalue weighted by molar-refractivity contribution is -0.127. The third-order valence-corrected chi connectivity index (χ3v) is 4.14. The second-order valence-corrected chi connectivity index (χ2v) is 6.28. The highest BCUT2D eigenvalue weighted by Gasteiger charge is 2.25. The molecule has 0 radical (unpaired) electrons. The van der Waals surface area contributed by atoms with Gasteiger partial charge in [-0.3, -0.25) is 19.3 Å². The molecule has 0 aromatic heterocycles. The molecule has 1 aromatic carbocycles. The minimum absolute atomic E-state index is 0.0898. The molecule has 7 heteroatoms. The van der Waals surface area contributed by atoms with Gasteiger partial charge in [-0.05, 0) is 35.7 Å². The zero-order chi connectivity index (χ0) is 14.7. The highest BCUT2D eigenvalue weighted by molar-refractivity contribution is 8.26. The van der Waals surface area contributed by atoms with Crippen molar-refractivity contribution in [2.45, 2.75) is 18.7 Å². The van der Waals surface area contributed by atoms with E-state index in [1.165, 1.54) is 18.7 Å². The topological polar surface area (TPSA) is 66.8 Å². The van der Waals surface area contributed by atoms with E-state index in [0.29, 0.717) is 5.69 Å². The third kappa shape index (κ3) is 3.49. The first-order chi connectivity index (χ1) is 9.47. The number of nitrogens with zero attached hydrogens (tertiary/aromatic N) is 2. The molecule has 104 valence electrons. The second kappa shape index (κ2) is 6.23. The molecule has 1 aromatic rings. The van der Waals surface area contributed by atoms with Crippen molar-refractivity contribution in [3.8, 4) is 0 Å². The van der Waals surface area contributed by atoms with Gasteiger partial charge in [0.25, 0.3) is 0 Å². The summed E-state index contributed by atoms with van der Waals surface area (Å²) in [6, 6.07) is 7.15. The largest absolute Gasteiger partial charge is 0.287 e. The molecule has 0 saturated carbocycles. The predicted molar refractivity (Wildman–Crippen MR) is 80.1 cm³/mol. The Kier molecular flexibility index (Phi) is 4.61. The summed E-state index contributed by atoms with van der Waals surface area (Å²) in [4.78, 5) is 41.3. The Morgan fingerprint density at radius 2 is 2.00 bits per heavy atom. The van der Waals surface area contributed by atoms with Gasteiger partial charge in [-0.2, -0.15) is 0 Å². The summed E-state index contributed by atoms with van der Waals surface area (Å²) in [6.07, 6.45) is 0. The number of amides is 1. The van der Waals surface area contributed by atoms with Crippen LogP contribution in [0.15, 0.2) is 34.2 Å². The fraction of sp³-hybridized carbons (Fsp3) is 0.231. The first-order valence-electron chi connectivity index (χ1n) is 5.82. The molecule has 5 nitrogen and oxygen atoms in total. The number of para-hydroxylation sites is 1. The Bertz CT molecular complexity index is 613. The summed E-state index contributed by atoms with van der Waals surface area (Å²) in [5, 5.41) is -0.108. The maximum atomic E-state index is 12.0. The summed E-state index contributed by atoms with van der Waals surface area (Å²) in [5.74, 6) is -0.314. The van der Waals surface area contributed by atoms with Gasteiger partial charge in [0, 0.05) is 18.7 Å². The van der Waals surface area contributed by atoms with E-state index < -0.39 is 0 Å². The number of hydrogen-bond donors (Lipinski definition) is 0. The molecular formula is C13H12N2O3S2. The molecule has 1 amide bonds. The molecule has 1 heterocycles. The van der Waals surface area contributed by atoms with E-state index in [-0.39, 0.29) is 27.9 Å². The lowest BCUT2D eigenvalue weighted by atomic mass is 10.3. The van der Waals surface area contributed by atoms with Gasteiger partial charge in [0.1, 0.15) is 0 Å². The highest BCUT2D eigenvalue weighted by atomic mass is 32.2. The normalized spacial score (nSPS) is 15.0. The zero-order valence-electron chi connectivity index (χ0n) is 11.0. The van der Waals surface area contributed by atoms with Gasteiger partial charge in [-0.1, -0.05) is 12.1 Å². The predicted octanol–water partition coefficient (Wildman–Crippen LogP) is 2.43. The Morgan fingerprint density at radius 3 is 2.65 bits per heavy atom. The maximum Gasteiger partial charge on any atom is 0.225 e. The summed E-state index contributed by atoms with van der Waals surface area (Å²) in [6.45, 7) is 2.65. The van der Waals surface area contributed by atoms with Crippen molar-refractivity contribution in [3.63, 3.8) is 0 Å². The van der Waals surface area contributed by atoms with Crippen LogP contribution in [0.5, 0.6) is 0 Å². The van der Waals surface area contributed by atoms with Crippen LogP contribution < -0.4 is 0 Å². The average molecular weight is 308 g/mol. The Morgan fingerprint density at radius 1 is 1.30 bits per heavy atom. The van der Waals surface area contributed by atoms with Crippen LogP contribution in [0.25, 0.3) is 0 Å². The Hall–Kier alpha value is -1.60. The second-order valence-electron chi connectivity index (χ2n) is 4.03. The Balaban J connectivity index is 2.53. The van der Waals surface area contributed by atoms with E-state index in [9.17, 15) is 14.4 Å². The average Bonchev–Trinajstić information content (AvgIpc) is 2.34. The molecule has 1 aliphatic rings. The molecule has 0 unspecified atom stereocenters. The van der Waals surface area contributed by atoms with Gasteiger partial charge in [-0.15, -0.1) is 0 Å². The monoisotopic (exact) mass is 308 g/mol. The van der Waals surface area contributed by atoms with Crippen LogP contribution in [0.3, 0.4) is 0 Å². The molecule has 1 aliphatic heterocycles. The zero-order valence-corrected chi connectivity index (χ0v) is 12.6. The van der Waals surface area contributed by atoms with Crippen LogP contribution >= 0.6 is 23.5 Å². The summed E-state index contributed by atoms with van der Waals surface area (Å²) < 4.78 is 0. The van der Waals surface area contributed by atoms with Crippen molar-refractivity contribution in [2.75, 3.05) is 6.54 Å². The van der Waals surface area contributed by atoms with Crippen molar-refractivity contribution in [1.29, 1.82) is 0 Å². The van der Waals surface area contributed by atoms with Crippen molar-refractivity contribution >= 4 is 50.5 Å². The number of benzene rings is 1. The lowest BCUT2D eigenvalue weighted by Gasteiger charge is -2.23. The molecule has 0 bridgehead atoms. The SMILES string of the molecule is CC(=O)SC1=Nc2ccccc2SC(=O)CN1C(C)=O. The van der Waals surface area contributed by atoms with Crippen molar-refractivity contribution < 1.29 is 14.4 Å². The summed E-state index contributed by atoms with van der Waals surface area (Å²) in [7, 11) is 0. The van der Waals surface area contributed by atoms with Crippen LogP contribution in [-0.2, 0) is 14.4 Å². The summed E-state index contributed by atoms with van der Waals surface area (Å²) in [5.41, 5.74) is 0.584. The molecule has 0 N–H and O–H groups in total. The number of fused-ring (bicyclic) bond motifs is 1. The van der Waals surface area contributed by atoms with Crippen LogP contribution in [0.2, 0.25) is 0 Å². The van der Waals surface area contributed by atoms with E-state index in [4.69, 9.17) is 0 Å². The van der Waals surface area contributed by atoms with Crippen LogP contribution in [-0.4, -0.2) is 32.8 Å². The molecule has 20 heavy (non-hydrogen) atoms. The number of rotatable bonds is 0. The number of carbonyl (C=O) groups excluding carboxylic acids is 3. The number of hydrogen-bond acceptors (Lipinski definition) is 6. The van der Waals surface area contributed by atoms with Gasteiger partial charge in [0.05, 0.1) is 12.2 Å². The molecule has 0 spiro atoms. The van der Waals surface area contributed by atoms with Gasteiger partial charge in [0.15, 0.2) is 10.3 Å². The minimum Gasteiger partial charge on any atom is -0.287 e. The van der Waals surface area contributed by atoms with E-state index in [2.05, 4.69) is 4.99 Å². The van der Waals surface area contributed by atoms with Gasteiger partial charge < -0.3 is 0 Å². The highest BCUT2D eigenvalue weighted by Crippen LogP contribution is 2.33. The van der Waals surface area contributed by atoms with Crippen molar-refractivity contribution in [3.05, 3.63) is 24.3 Å². The first kappa shape index (κ1) is 14.8. The number of amidine groups is 1. The van der Waals surface area contributed by atoms with E-state index in [1.54, 1.807) is 18.2 Å². The molecule has 2 rings (SSSR count). The molecular weight excluding hydrogens is 296 g/mol. The van der Waals surface area contributed by atoms with E-state index in [0.717, 1.165) is 28.4 Å². The fourth-order valence-electron chi connectivity index (χ4n) is 1.60. The number of carbonyl (C=O) groups is 3. The van der Waals surface area contributed by atoms with Gasteiger partial charge in [-0.25, -0.2) is 4.99 Å². The first-order valence-corrected chi connectivity index (χ1v) is 7.45. The molecule has 0 saturated heterocycles. The van der Waals surface area contributed by atoms with E-state index in [1.807, 2.05) is 6.07 Å². The molecule has 0 fully saturated rings. The van der Waals surface area contributed by atoms with Crippen LogP contribution in [0, 0.1) is 0 Å².